The second-order valence-corrected chi connectivity index (χ2v) is 4.66. The summed E-state index contributed by atoms with van der Waals surface area (Å²) in [6, 6.07) is 11.2. The van der Waals surface area contributed by atoms with Gasteiger partial charge in [0.25, 0.3) is 5.69 Å². The van der Waals surface area contributed by atoms with Crippen molar-refractivity contribution in [1.82, 2.24) is 0 Å². The zero-order chi connectivity index (χ0) is 17.5. The van der Waals surface area contributed by atoms with Gasteiger partial charge in [0.1, 0.15) is 5.82 Å². The molecule has 0 fully saturated rings. The molecule has 0 amide bonds. The van der Waals surface area contributed by atoms with E-state index in [1.165, 1.54) is 42.5 Å². The van der Waals surface area contributed by atoms with Gasteiger partial charge in [0.2, 0.25) is 5.78 Å². The van der Waals surface area contributed by atoms with Crippen molar-refractivity contribution in [2.45, 2.75) is 0 Å². The van der Waals surface area contributed by atoms with Crippen molar-refractivity contribution in [1.29, 1.82) is 0 Å². The third kappa shape index (κ3) is 4.33. The Labute approximate surface area is 136 Å². The largest absolute Gasteiger partial charge is 0.454 e. The van der Waals surface area contributed by atoms with Crippen molar-refractivity contribution in [3.63, 3.8) is 0 Å². The van der Waals surface area contributed by atoms with Gasteiger partial charge in [-0.25, -0.2) is 9.18 Å². The van der Waals surface area contributed by atoms with Gasteiger partial charge in [0, 0.05) is 12.1 Å². The Morgan fingerprint density at radius 2 is 1.79 bits per heavy atom. The summed E-state index contributed by atoms with van der Waals surface area (Å²) in [5, 5.41) is 10.8. The maximum absolute atomic E-state index is 13.4. The summed E-state index contributed by atoms with van der Waals surface area (Å²) >= 11 is 0. The molecular formula is C17H12FNO5. The molecule has 2 aromatic rings. The molecule has 0 aliphatic carbocycles. The van der Waals surface area contributed by atoms with E-state index in [0.717, 1.165) is 12.1 Å². The number of esters is 1. The normalized spacial score (nSPS) is 10.5. The second-order valence-electron chi connectivity index (χ2n) is 4.66. The minimum Gasteiger partial charge on any atom is -0.454 e. The van der Waals surface area contributed by atoms with Crippen LogP contribution < -0.4 is 0 Å². The van der Waals surface area contributed by atoms with Crippen molar-refractivity contribution >= 4 is 23.5 Å². The van der Waals surface area contributed by atoms with Gasteiger partial charge in [-0.15, -0.1) is 0 Å². The molecule has 0 radical (unpaired) electrons. The predicted octanol–water partition coefficient (Wildman–Crippen LogP) is 3.17. The molecule has 0 aromatic heterocycles. The highest BCUT2D eigenvalue weighted by atomic mass is 19.1. The third-order valence-corrected chi connectivity index (χ3v) is 3.05. The number of hydrogen-bond acceptors (Lipinski definition) is 5. The van der Waals surface area contributed by atoms with Crippen molar-refractivity contribution in [2.75, 3.05) is 6.61 Å². The van der Waals surface area contributed by atoms with Crippen LogP contribution in [0, 0.1) is 15.9 Å². The Hall–Kier alpha value is -3.35. The van der Waals surface area contributed by atoms with E-state index in [2.05, 4.69) is 0 Å². The van der Waals surface area contributed by atoms with Crippen LogP contribution in [0.25, 0.3) is 6.08 Å². The lowest BCUT2D eigenvalue weighted by Gasteiger charge is -2.03. The SMILES string of the molecule is O=C(/C=C/c1ccccc1[N+](=O)[O-])OCC(=O)c1ccccc1F. The molecule has 0 heterocycles. The van der Waals surface area contributed by atoms with E-state index in [-0.39, 0.29) is 16.8 Å². The van der Waals surface area contributed by atoms with Gasteiger partial charge in [0.15, 0.2) is 6.61 Å². The number of Topliss-reactive ketones (excluding diaryl/α,β-unsaturated/α-hetero) is 1. The van der Waals surface area contributed by atoms with Crippen LogP contribution in [0.3, 0.4) is 0 Å². The lowest BCUT2D eigenvalue weighted by atomic mass is 10.1. The topological polar surface area (TPSA) is 86.5 Å². The average molecular weight is 329 g/mol. The fourth-order valence-corrected chi connectivity index (χ4v) is 1.90. The Kier molecular flexibility index (Phi) is 5.51. The molecule has 7 heteroatoms. The zero-order valence-corrected chi connectivity index (χ0v) is 12.3. The van der Waals surface area contributed by atoms with Crippen molar-refractivity contribution in [3.05, 3.63) is 81.7 Å². The predicted molar refractivity (Wildman–Crippen MR) is 83.8 cm³/mol. The van der Waals surface area contributed by atoms with E-state index in [4.69, 9.17) is 4.74 Å². The maximum atomic E-state index is 13.4. The van der Waals surface area contributed by atoms with Gasteiger partial charge in [-0.1, -0.05) is 24.3 Å². The van der Waals surface area contributed by atoms with E-state index in [1.54, 1.807) is 6.07 Å². The van der Waals surface area contributed by atoms with Crippen LogP contribution in [0.15, 0.2) is 54.6 Å². The molecule has 2 rings (SSSR count). The van der Waals surface area contributed by atoms with Crippen molar-refractivity contribution in [3.8, 4) is 0 Å². The number of hydrogen-bond donors (Lipinski definition) is 0. The first kappa shape index (κ1) is 17.0. The van der Waals surface area contributed by atoms with Gasteiger partial charge in [-0.2, -0.15) is 0 Å². The lowest BCUT2D eigenvalue weighted by molar-refractivity contribution is -0.385. The molecule has 0 atom stereocenters. The number of nitro benzene ring substituents is 1. The summed E-state index contributed by atoms with van der Waals surface area (Å²) in [6.45, 7) is -0.624. The summed E-state index contributed by atoms with van der Waals surface area (Å²) in [4.78, 5) is 33.6. The van der Waals surface area contributed by atoms with Crippen LogP contribution in [-0.4, -0.2) is 23.3 Å². The van der Waals surface area contributed by atoms with Gasteiger partial charge in [-0.3, -0.25) is 14.9 Å². The molecule has 6 nitrogen and oxygen atoms in total. The first-order valence-corrected chi connectivity index (χ1v) is 6.85. The molecular weight excluding hydrogens is 317 g/mol. The quantitative estimate of drug-likeness (QED) is 0.267. The number of halogens is 1. The highest BCUT2D eigenvalue weighted by molar-refractivity contribution is 5.99. The molecule has 0 unspecified atom stereocenters. The first-order valence-electron chi connectivity index (χ1n) is 6.85. The van der Waals surface area contributed by atoms with Crippen molar-refractivity contribution in [2.24, 2.45) is 0 Å². The number of nitrogens with zero attached hydrogens (tertiary/aromatic N) is 1. The number of nitro groups is 1. The number of carbonyl (C=O) groups is 2. The van der Waals surface area contributed by atoms with Gasteiger partial charge >= 0.3 is 5.97 Å². The Bertz CT molecular complexity index is 816. The third-order valence-electron chi connectivity index (χ3n) is 3.05. The summed E-state index contributed by atoms with van der Waals surface area (Å²) in [6.07, 6.45) is 2.19. The fraction of sp³-hybridized carbons (Fsp3) is 0.0588. The number of benzene rings is 2. The zero-order valence-electron chi connectivity index (χ0n) is 12.3. The number of rotatable bonds is 6. The Morgan fingerprint density at radius 1 is 1.12 bits per heavy atom. The van der Waals surface area contributed by atoms with Crippen LogP contribution >= 0.6 is 0 Å². The molecule has 0 bridgehead atoms. The molecule has 0 saturated carbocycles. The summed E-state index contributed by atoms with van der Waals surface area (Å²) in [5.41, 5.74) is -0.114. The average Bonchev–Trinajstić information content (AvgIpc) is 2.58. The minimum atomic E-state index is -0.863. The number of ketones is 1. The van der Waals surface area contributed by atoms with E-state index in [9.17, 15) is 24.1 Å². The monoisotopic (exact) mass is 329 g/mol. The van der Waals surface area contributed by atoms with Crippen LogP contribution in [0.5, 0.6) is 0 Å². The van der Waals surface area contributed by atoms with Crippen LogP contribution in [0.1, 0.15) is 15.9 Å². The summed E-state index contributed by atoms with van der Waals surface area (Å²) in [7, 11) is 0. The Morgan fingerprint density at radius 3 is 2.50 bits per heavy atom. The molecule has 0 saturated heterocycles. The summed E-state index contributed by atoms with van der Waals surface area (Å²) in [5.74, 6) is -2.24. The number of carbonyl (C=O) groups excluding carboxylic acids is 2. The van der Waals surface area contributed by atoms with Crippen LogP contribution in [0.2, 0.25) is 0 Å². The molecule has 0 aliphatic heterocycles. The molecule has 0 N–H and O–H groups in total. The minimum absolute atomic E-state index is 0.163. The van der Waals surface area contributed by atoms with Crippen LogP contribution in [0.4, 0.5) is 10.1 Å². The van der Waals surface area contributed by atoms with Crippen molar-refractivity contribution < 1.29 is 23.6 Å². The fourth-order valence-electron chi connectivity index (χ4n) is 1.90. The number of ether oxygens (including phenoxy) is 1. The van der Waals surface area contributed by atoms with Gasteiger partial charge < -0.3 is 4.74 Å². The second kappa shape index (κ2) is 7.77. The molecule has 0 spiro atoms. The highest BCUT2D eigenvalue weighted by Gasteiger charge is 2.13. The first-order chi connectivity index (χ1) is 11.5. The van der Waals surface area contributed by atoms with E-state index < -0.39 is 29.1 Å². The van der Waals surface area contributed by atoms with Crippen LogP contribution in [-0.2, 0) is 9.53 Å². The van der Waals surface area contributed by atoms with Gasteiger partial charge in [-0.05, 0) is 24.3 Å². The molecule has 24 heavy (non-hydrogen) atoms. The molecule has 2 aromatic carbocycles. The van der Waals surface area contributed by atoms with E-state index >= 15 is 0 Å². The lowest BCUT2D eigenvalue weighted by Crippen LogP contribution is -2.13. The number of para-hydroxylation sites is 1. The highest BCUT2D eigenvalue weighted by Crippen LogP contribution is 2.18. The Balaban J connectivity index is 1.98. The summed E-state index contributed by atoms with van der Waals surface area (Å²) < 4.78 is 18.1. The van der Waals surface area contributed by atoms with Gasteiger partial charge in [0.05, 0.1) is 16.1 Å². The molecule has 122 valence electrons. The standard InChI is InChI=1S/C17H12FNO5/c18-14-7-3-2-6-13(14)16(20)11-24-17(21)10-9-12-5-1-4-8-15(12)19(22)23/h1-10H,11H2/b10-9+. The van der Waals surface area contributed by atoms with E-state index in [1.807, 2.05) is 0 Å². The molecule has 0 aliphatic rings. The smallest absolute Gasteiger partial charge is 0.331 e. The van der Waals surface area contributed by atoms with E-state index in [0.29, 0.717) is 0 Å². The maximum Gasteiger partial charge on any atom is 0.331 e.